The van der Waals surface area contributed by atoms with Gasteiger partial charge in [0.1, 0.15) is 12.6 Å². The fourth-order valence-electron chi connectivity index (χ4n) is 4.36. The lowest BCUT2D eigenvalue weighted by atomic mass is 10.1. The van der Waals surface area contributed by atoms with E-state index in [9.17, 15) is 31.2 Å². The summed E-state index contributed by atoms with van der Waals surface area (Å²) in [6, 6.07) is 15.1. The number of aryl methyl sites for hydroxylation is 1. The molecule has 0 aliphatic rings. The molecule has 7 nitrogen and oxygen atoms in total. The van der Waals surface area contributed by atoms with E-state index in [-0.39, 0.29) is 23.5 Å². The van der Waals surface area contributed by atoms with Gasteiger partial charge in [-0.25, -0.2) is 8.42 Å². The Morgan fingerprint density at radius 3 is 2.09 bits per heavy atom. The molecule has 2 amide bonds. The van der Waals surface area contributed by atoms with Crippen LogP contribution in [0.1, 0.15) is 50.8 Å². The molecule has 3 aromatic carbocycles. The second kappa shape index (κ2) is 13.4. The first-order valence-corrected chi connectivity index (χ1v) is 15.4. The molecule has 0 spiro atoms. The first kappa shape index (κ1) is 33.9. The van der Waals surface area contributed by atoms with Gasteiger partial charge >= 0.3 is 6.18 Å². The van der Waals surface area contributed by atoms with Crippen LogP contribution in [-0.4, -0.2) is 43.3 Å². The second-order valence-corrected chi connectivity index (χ2v) is 13.5. The molecule has 0 aliphatic carbocycles. The molecule has 0 aromatic heterocycles. The average Bonchev–Trinajstić information content (AvgIpc) is 2.91. The largest absolute Gasteiger partial charge is 0.416 e. The average molecular weight is 638 g/mol. The highest BCUT2D eigenvalue weighted by Gasteiger charge is 2.36. The van der Waals surface area contributed by atoms with Gasteiger partial charge in [-0.05, 0) is 82.1 Å². The molecule has 0 saturated heterocycles. The van der Waals surface area contributed by atoms with E-state index in [1.54, 1.807) is 71.0 Å². The summed E-state index contributed by atoms with van der Waals surface area (Å²) >= 11 is 6.03. The van der Waals surface area contributed by atoms with E-state index in [0.29, 0.717) is 21.0 Å². The van der Waals surface area contributed by atoms with Crippen LogP contribution in [0.4, 0.5) is 18.9 Å². The maximum Gasteiger partial charge on any atom is 0.416 e. The highest BCUT2D eigenvalue weighted by molar-refractivity contribution is 7.92. The van der Waals surface area contributed by atoms with E-state index in [1.807, 2.05) is 0 Å². The summed E-state index contributed by atoms with van der Waals surface area (Å²) in [7, 11) is -4.52. The Morgan fingerprint density at radius 1 is 0.953 bits per heavy atom. The third kappa shape index (κ3) is 8.96. The predicted molar refractivity (Wildman–Crippen MR) is 161 cm³/mol. The molecule has 1 N–H and O–H groups in total. The van der Waals surface area contributed by atoms with Crippen molar-refractivity contribution in [1.82, 2.24) is 10.2 Å². The zero-order valence-corrected chi connectivity index (χ0v) is 26.1. The zero-order chi connectivity index (χ0) is 32.2. The van der Waals surface area contributed by atoms with E-state index in [4.69, 9.17) is 11.6 Å². The highest BCUT2D eigenvalue weighted by Crippen LogP contribution is 2.33. The Labute approximate surface area is 255 Å². The third-order valence-corrected chi connectivity index (χ3v) is 8.54. The highest BCUT2D eigenvalue weighted by atomic mass is 35.5. The maximum atomic E-state index is 14.1. The molecular weight excluding hydrogens is 603 g/mol. The number of halogens is 4. The van der Waals surface area contributed by atoms with Gasteiger partial charge < -0.3 is 10.2 Å². The first-order chi connectivity index (χ1) is 19.9. The van der Waals surface area contributed by atoms with Crippen molar-refractivity contribution < 1.29 is 31.2 Å². The smallest absolute Gasteiger partial charge is 0.350 e. The van der Waals surface area contributed by atoms with Gasteiger partial charge in [0.05, 0.1) is 16.1 Å². The van der Waals surface area contributed by atoms with E-state index in [0.717, 1.165) is 17.7 Å². The summed E-state index contributed by atoms with van der Waals surface area (Å²) < 4.78 is 69.4. The van der Waals surface area contributed by atoms with E-state index >= 15 is 0 Å². The lowest BCUT2D eigenvalue weighted by Crippen LogP contribution is -2.55. The predicted octanol–water partition coefficient (Wildman–Crippen LogP) is 6.58. The number of rotatable bonds is 10. The number of amides is 2. The van der Waals surface area contributed by atoms with E-state index in [2.05, 4.69) is 5.32 Å². The number of anilines is 1. The van der Waals surface area contributed by atoms with Crippen molar-refractivity contribution in [1.29, 1.82) is 0 Å². The molecule has 0 fully saturated rings. The van der Waals surface area contributed by atoms with Gasteiger partial charge in [-0.15, -0.1) is 0 Å². The minimum atomic E-state index is -4.75. The number of nitrogens with zero attached hydrogens (tertiary/aromatic N) is 2. The second-order valence-electron chi connectivity index (χ2n) is 11.2. The Bertz CT molecular complexity index is 1540. The quantitative estimate of drug-likeness (QED) is 0.272. The molecule has 0 unspecified atom stereocenters. The first-order valence-electron chi connectivity index (χ1n) is 13.5. The van der Waals surface area contributed by atoms with Crippen molar-refractivity contribution in [2.75, 3.05) is 10.8 Å². The maximum absolute atomic E-state index is 14.1. The van der Waals surface area contributed by atoms with Gasteiger partial charge in [0, 0.05) is 17.1 Å². The number of alkyl halides is 3. The molecule has 12 heteroatoms. The van der Waals surface area contributed by atoms with Crippen LogP contribution in [0.5, 0.6) is 0 Å². The molecule has 3 rings (SSSR count). The van der Waals surface area contributed by atoms with E-state index in [1.165, 1.54) is 23.1 Å². The Kier molecular flexibility index (Phi) is 10.6. The van der Waals surface area contributed by atoms with Gasteiger partial charge in [-0.1, -0.05) is 54.4 Å². The van der Waals surface area contributed by atoms with Crippen molar-refractivity contribution in [3.8, 4) is 0 Å². The summed E-state index contributed by atoms with van der Waals surface area (Å²) in [5.41, 5.74) is -0.659. The Morgan fingerprint density at radius 2 is 1.56 bits per heavy atom. The minimum absolute atomic E-state index is 0.0763. The standard InChI is InChI=1S/C31H35ClF3N3O4S/c1-6-27(29(40)36-30(3,4)5)37(19-22-12-14-24(32)15-13-22)28(39)20-38(25-9-7-8-23(18-25)31(33,34)35)43(41,42)26-16-10-21(2)11-17-26/h7-18,27H,6,19-20H2,1-5H3,(H,36,40)/t27-/m0/s1. The van der Waals surface area contributed by atoms with Crippen molar-refractivity contribution in [2.45, 2.75) is 70.2 Å². The van der Waals surface area contributed by atoms with Gasteiger partial charge in [0.15, 0.2) is 0 Å². The summed E-state index contributed by atoms with van der Waals surface area (Å²) in [4.78, 5) is 28.5. The van der Waals surface area contributed by atoms with Gasteiger partial charge in [0.2, 0.25) is 11.8 Å². The molecule has 1 atom stereocenters. The van der Waals surface area contributed by atoms with Gasteiger partial charge in [-0.2, -0.15) is 13.2 Å². The number of carbonyl (C=O) groups excluding carboxylic acids is 2. The SMILES string of the molecule is CC[C@@H](C(=O)NC(C)(C)C)N(Cc1ccc(Cl)cc1)C(=O)CN(c1cccc(C(F)(F)F)c1)S(=O)(=O)c1ccc(C)cc1. The topological polar surface area (TPSA) is 86.8 Å². The lowest BCUT2D eigenvalue weighted by Gasteiger charge is -2.35. The number of nitrogens with one attached hydrogen (secondary N) is 1. The molecule has 0 saturated carbocycles. The summed E-state index contributed by atoms with van der Waals surface area (Å²) in [5.74, 6) is -1.23. The van der Waals surface area contributed by atoms with Crippen molar-refractivity contribution in [2.24, 2.45) is 0 Å². The van der Waals surface area contributed by atoms with E-state index < -0.39 is 51.7 Å². The van der Waals surface area contributed by atoms with Crippen molar-refractivity contribution >= 4 is 39.1 Å². The monoisotopic (exact) mass is 637 g/mol. The lowest BCUT2D eigenvalue weighted by molar-refractivity contribution is -0.141. The number of carbonyl (C=O) groups is 2. The van der Waals surface area contributed by atoms with Crippen LogP contribution < -0.4 is 9.62 Å². The summed E-state index contributed by atoms with van der Waals surface area (Å²) in [5, 5.41) is 3.32. The normalized spacial score (nSPS) is 12.9. The molecule has 232 valence electrons. The minimum Gasteiger partial charge on any atom is -0.350 e. The van der Waals surface area contributed by atoms with Crippen LogP contribution >= 0.6 is 11.6 Å². The zero-order valence-electron chi connectivity index (χ0n) is 24.6. The number of hydrogen-bond donors (Lipinski definition) is 1. The number of sulfonamides is 1. The molecular formula is C31H35ClF3N3O4S. The van der Waals surface area contributed by atoms with Crippen LogP contribution in [0.2, 0.25) is 5.02 Å². The molecule has 3 aromatic rings. The van der Waals surface area contributed by atoms with Gasteiger partial charge in [-0.3, -0.25) is 13.9 Å². The van der Waals surface area contributed by atoms with Crippen LogP contribution in [0.25, 0.3) is 0 Å². The van der Waals surface area contributed by atoms with Crippen LogP contribution in [0, 0.1) is 6.92 Å². The number of hydrogen-bond acceptors (Lipinski definition) is 4. The van der Waals surface area contributed by atoms with Crippen molar-refractivity contribution in [3.63, 3.8) is 0 Å². The fraction of sp³-hybridized carbons (Fsp3) is 0.355. The van der Waals surface area contributed by atoms with Gasteiger partial charge in [0.25, 0.3) is 10.0 Å². The molecule has 0 aliphatic heterocycles. The molecule has 0 heterocycles. The Balaban J connectivity index is 2.13. The molecule has 0 radical (unpaired) electrons. The fourth-order valence-corrected chi connectivity index (χ4v) is 5.89. The van der Waals surface area contributed by atoms with Crippen LogP contribution in [0.15, 0.2) is 77.7 Å². The molecule has 43 heavy (non-hydrogen) atoms. The van der Waals surface area contributed by atoms with Crippen molar-refractivity contribution in [3.05, 3.63) is 94.5 Å². The van der Waals surface area contributed by atoms with Crippen LogP contribution in [-0.2, 0) is 32.3 Å². The summed E-state index contributed by atoms with van der Waals surface area (Å²) in [6.07, 6.45) is -4.56. The number of benzene rings is 3. The third-order valence-electron chi connectivity index (χ3n) is 6.50. The Hall–Kier alpha value is -3.57. The molecule has 0 bridgehead atoms. The van der Waals surface area contributed by atoms with Crippen LogP contribution in [0.3, 0.4) is 0 Å². The summed E-state index contributed by atoms with van der Waals surface area (Å²) in [6.45, 7) is 7.89.